The Balaban J connectivity index is 2.64. The standard InChI is InChI=1S/C11H9BrN4/c1-16-8-5-7(12)9-6(3-2-4-14-9)10(8)15-11(16)13/h2-5H,1H3,(H2,13,15). The number of anilines is 1. The fraction of sp³-hybridized carbons (Fsp3) is 0.0909. The van der Waals surface area contributed by atoms with Gasteiger partial charge in [0, 0.05) is 23.1 Å². The molecule has 0 spiro atoms. The maximum Gasteiger partial charge on any atom is 0.200 e. The predicted octanol–water partition coefficient (Wildman–Crippen LogP) is 2.47. The number of fused-ring (bicyclic) bond motifs is 3. The Morgan fingerprint density at radius 1 is 1.38 bits per heavy atom. The molecule has 0 bridgehead atoms. The van der Waals surface area contributed by atoms with E-state index in [1.54, 1.807) is 6.20 Å². The third kappa shape index (κ3) is 1.15. The third-order valence-corrected chi connectivity index (χ3v) is 3.33. The number of nitrogens with two attached hydrogens (primary N) is 1. The van der Waals surface area contributed by atoms with E-state index in [4.69, 9.17) is 5.73 Å². The molecule has 2 heterocycles. The van der Waals surface area contributed by atoms with E-state index >= 15 is 0 Å². The van der Waals surface area contributed by atoms with Crippen molar-refractivity contribution in [1.29, 1.82) is 0 Å². The summed E-state index contributed by atoms with van der Waals surface area (Å²) in [5.41, 5.74) is 8.62. The number of halogens is 1. The lowest BCUT2D eigenvalue weighted by Gasteiger charge is -2.01. The van der Waals surface area contributed by atoms with Crippen molar-refractivity contribution in [2.24, 2.45) is 7.05 Å². The van der Waals surface area contributed by atoms with Crippen LogP contribution in [0.25, 0.3) is 21.9 Å². The zero-order valence-electron chi connectivity index (χ0n) is 8.61. The van der Waals surface area contributed by atoms with Crippen LogP contribution in [0.3, 0.4) is 0 Å². The van der Waals surface area contributed by atoms with Crippen molar-refractivity contribution in [3.8, 4) is 0 Å². The van der Waals surface area contributed by atoms with Crippen LogP contribution >= 0.6 is 15.9 Å². The Kier molecular flexibility index (Phi) is 1.91. The van der Waals surface area contributed by atoms with Crippen LogP contribution in [0.1, 0.15) is 0 Å². The van der Waals surface area contributed by atoms with Gasteiger partial charge in [-0.15, -0.1) is 0 Å². The minimum absolute atomic E-state index is 0.512. The highest BCUT2D eigenvalue weighted by Gasteiger charge is 2.11. The minimum atomic E-state index is 0.512. The highest BCUT2D eigenvalue weighted by Crippen LogP contribution is 2.30. The number of imidazole rings is 1. The van der Waals surface area contributed by atoms with E-state index in [1.807, 2.05) is 29.8 Å². The second kappa shape index (κ2) is 3.18. The molecule has 0 saturated carbocycles. The zero-order chi connectivity index (χ0) is 11.3. The van der Waals surface area contributed by atoms with Gasteiger partial charge in [0.05, 0.1) is 11.0 Å². The number of rotatable bonds is 0. The molecule has 5 heteroatoms. The van der Waals surface area contributed by atoms with Crippen molar-refractivity contribution >= 4 is 43.8 Å². The fourth-order valence-electron chi connectivity index (χ4n) is 1.87. The Labute approximate surface area is 100 Å². The molecule has 80 valence electrons. The van der Waals surface area contributed by atoms with Crippen LogP contribution in [0.4, 0.5) is 5.95 Å². The summed E-state index contributed by atoms with van der Waals surface area (Å²) in [7, 11) is 1.90. The average Bonchev–Trinajstić information content (AvgIpc) is 2.57. The molecule has 16 heavy (non-hydrogen) atoms. The van der Waals surface area contributed by atoms with Gasteiger partial charge in [-0.25, -0.2) is 4.98 Å². The van der Waals surface area contributed by atoms with Crippen LogP contribution < -0.4 is 5.73 Å². The van der Waals surface area contributed by atoms with E-state index in [2.05, 4.69) is 25.9 Å². The summed E-state index contributed by atoms with van der Waals surface area (Å²) in [5, 5.41) is 1.01. The molecule has 0 aliphatic rings. The molecular weight excluding hydrogens is 268 g/mol. The first-order valence-corrected chi connectivity index (χ1v) is 5.63. The quantitative estimate of drug-likeness (QED) is 0.686. The summed E-state index contributed by atoms with van der Waals surface area (Å²) in [6.07, 6.45) is 1.77. The highest BCUT2D eigenvalue weighted by atomic mass is 79.9. The van der Waals surface area contributed by atoms with Crippen molar-refractivity contribution in [3.63, 3.8) is 0 Å². The van der Waals surface area contributed by atoms with Gasteiger partial charge < -0.3 is 10.3 Å². The Morgan fingerprint density at radius 3 is 3.00 bits per heavy atom. The summed E-state index contributed by atoms with van der Waals surface area (Å²) in [6.45, 7) is 0. The van der Waals surface area contributed by atoms with Crippen molar-refractivity contribution in [2.45, 2.75) is 0 Å². The van der Waals surface area contributed by atoms with Gasteiger partial charge >= 0.3 is 0 Å². The minimum Gasteiger partial charge on any atom is -0.369 e. The normalized spacial score (nSPS) is 11.4. The number of aromatic nitrogens is 3. The van der Waals surface area contributed by atoms with Gasteiger partial charge in [-0.2, -0.15) is 0 Å². The second-order valence-electron chi connectivity index (χ2n) is 3.65. The zero-order valence-corrected chi connectivity index (χ0v) is 10.2. The summed E-state index contributed by atoms with van der Waals surface area (Å²) >= 11 is 3.52. The molecular formula is C11H9BrN4. The molecule has 3 rings (SSSR count). The fourth-order valence-corrected chi connectivity index (χ4v) is 2.40. The molecule has 0 atom stereocenters. The number of benzene rings is 1. The molecule has 0 saturated heterocycles. The number of hydrogen-bond acceptors (Lipinski definition) is 3. The van der Waals surface area contributed by atoms with Gasteiger partial charge in [-0.3, -0.25) is 4.98 Å². The smallest absolute Gasteiger partial charge is 0.200 e. The van der Waals surface area contributed by atoms with E-state index in [9.17, 15) is 0 Å². The molecule has 3 aromatic rings. The van der Waals surface area contributed by atoms with Gasteiger partial charge in [0.1, 0.15) is 5.52 Å². The Bertz CT molecular complexity index is 702. The Hall–Kier alpha value is -1.62. The van der Waals surface area contributed by atoms with Gasteiger partial charge in [-0.05, 0) is 34.1 Å². The number of hydrogen-bond donors (Lipinski definition) is 1. The lowest BCUT2D eigenvalue weighted by atomic mass is 10.2. The van der Waals surface area contributed by atoms with Crippen LogP contribution in [-0.2, 0) is 7.05 Å². The van der Waals surface area contributed by atoms with Crippen LogP contribution in [0, 0.1) is 0 Å². The summed E-state index contributed by atoms with van der Waals surface area (Å²) in [5.74, 6) is 0.512. The van der Waals surface area contributed by atoms with Gasteiger partial charge in [0.25, 0.3) is 0 Å². The molecule has 0 aliphatic carbocycles. The van der Waals surface area contributed by atoms with Crippen LogP contribution in [-0.4, -0.2) is 14.5 Å². The van der Waals surface area contributed by atoms with Gasteiger partial charge in [0.2, 0.25) is 5.95 Å². The molecule has 0 unspecified atom stereocenters. The average molecular weight is 277 g/mol. The SMILES string of the molecule is Cn1c(N)nc2c3cccnc3c(Br)cc21. The van der Waals surface area contributed by atoms with Crippen LogP contribution in [0.5, 0.6) is 0 Å². The molecule has 0 fully saturated rings. The lowest BCUT2D eigenvalue weighted by molar-refractivity contribution is 0.965. The molecule has 0 radical (unpaired) electrons. The predicted molar refractivity (Wildman–Crippen MR) is 68.1 cm³/mol. The van der Waals surface area contributed by atoms with Crippen LogP contribution in [0.15, 0.2) is 28.9 Å². The van der Waals surface area contributed by atoms with E-state index in [0.717, 1.165) is 26.4 Å². The summed E-state index contributed by atoms with van der Waals surface area (Å²) < 4.78 is 2.82. The Morgan fingerprint density at radius 2 is 2.19 bits per heavy atom. The van der Waals surface area contributed by atoms with Crippen molar-refractivity contribution < 1.29 is 0 Å². The van der Waals surface area contributed by atoms with Gasteiger partial charge in [-0.1, -0.05) is 0 Å². The second-order valence-corrected chi connectivity index (χ2v) is 4.51. The topological polar surface area (TPSA) is 56.7 Å². The third-order valence-electron chi connectivity index (χ3n) is 2.73. The van der Waals surface area contributed by atoms with E-state index < -0.39 is 0 Å². The monoisotopic (exact) mass is 276 g/mol. The molecule has 0 aliphatic heterocycles. The van der Waals surface area contributed by atoms with Crippen LogP contribution in [0.2, 0.25) is 0 Å². The highest BCUT2D eigenvalue weighted by molar-refractivity contribution is 9.10. The summed E-state index contributed by atoms with van der Waals surface area (Å²) in [4.78, 5) is 8.69. The molecule has 2 N–H and O–H groups in total. The van der Waals surface area contributed by atoms with E-state index in [-0.39, 0.29) is 0 Å². The lowest BCUT2D eigenvalue weighted by Crippen LogP contribution is -1.95. The van der Waals surface area contributed by atoms with Crippen molar-refractivity contribution in [3.05, 3.63) is 28.9 Å². The number of nitrogen functional groups attached to an aromatic ring is 1. The molecule has 2 aromatic heterocycles. The number of nitrogens with zero attached hydrogens (tertiary/aromatic N) is 3. The molecule has 4 nitrogen and oxygen atoms in total. The van der Waals surface area contributed by atoms with E-state index in [1.165, 1.54) is 0 Å². The first kappa shape index (κ1) is 9.59. The maximum absolute atomic E-state index is 5.81. The van der Waals surface area contributed by atoms with Gasteiger partial charge in [0.15, 0.2) is 0 Å². The first-order valence-electron chi connectivity index (χ1n) is 4.83. The number of pyridine rings is 1. The first-order chi connectivity index (χ1) is 7.68. The largest absolute Gasteiger partial charge is 0.369 e. The number of aryl methyl sites for hydroxylation is 1. The van der Waals surface area contributed by atoms with Crippen molar-refractivity contribution in [2.75, 3.05) is 5.73 Å². The van der Waals surface area contributed by atoms with Crippen molar-refractivity contribution in [1.82, 2.24) is 14.5 Å². The molecule has 1 aromatic carbocycles. The van der Waals surface area contributed by atoms with E-state index in [0.29, 0.717) is 5.95 Å². The summed E-state index contributed by atoms with van der Waals surface area (Å²) in [6, 6.07) is 5.90. The molecule has 0 amide bonds. The maximum atomic E-state index is 5.81.